The molecule has 1 amide bonds. The van der Waals surface area contributed by atoms with Crippen molar-refractivity contribution in [3.63, 3.8) is 0 Å². The predicted octanol–water partition coefficient (Wildman–Crippen LogP) is 2.72. The third kappa shape index (κ3) is 4.08. The Morgan fingerprint density at radius 3 is 2.77 bits per heavy atom. The molecule has 0 radical (unpaired) electrons. The summed E-state index contributed by atoms with van der Waals surface area (Å²) in [7, 11) is 3.18. The van der Waals surface area contributed by atoms with Crippen LogP contribution in [0.5, 0.6) is 5.75 Å². The van der Waals surface area contributed by atoms with Crippen LogP contribution in [0.25, 0.3) is 0 Å². The monoisotopic (exact) mass is 307 g/mol. The highest BCUT2D eigenvalue weighted by atomic mass is 19.1. The van der Waals surface area contributed by atoms with E-state index < -0.39 is 5.82 Å². The van der Waals surface area contributed by atoms with Crippen molar-refractivity contribution in [1.82, 2.24) is 4.90 Å². The van der Waals surface area contributed by atoms with Crippen molar-refractivity contribution in [3.05, 3.63) is 53.7 Å². The van der Waals surface area contributed by atoms with E-state index in [0.717, 1.165) is 0 Å². The van der Waals surface area contributed by atoms with Gasteiger partial charge in [0, 0.05) is 14.2 Å². The Labute approximate surface area is 128 Å². The molecule has 5 nitrogen and oxygen atoms in total. The van der Waals surface area contributed by atoms with Crippen molar-refractivity contribution in [1.29, 1.82) is 0 Å². The minimum atomic E-state index is -0.424. The summed E-state index contributed by atoms with van der Waals surface area (Å²) in [6.45, 7) is 0.815. The van der Waals surface area contributed by atoms with Gasteiger partial charge in [-0.1, -0.05) is 12.1 Å². The molecule has 2 rings (SSSR count). The van der Waals surface area contributed by atoms with Gasteiger partial charge in [-0.3, -0.25) is 4.79 Å². The zero-order chi connectivity index (χ0) is 15.9. The van der Waals surface area contributed by atoms with Gasteiger partial charge in [-0.15, -0.1) is 0 Å². The van der Waals surface area contributed by atoms with Gasteiger partial charge in [0.25, 0.3) is 5.91 Å². The molecular weight excluding hydrogens is 289 g/mol. The summed E-state index contributed by atoms with van der Waals surface area (Å²) < 4.78 is 29.0. The molecule has 0 unspecified atom stereocenters. The molecule has 0 N–H and O–H groups in total. The van der Waals surface area contributed by atoms with Gasteiger partial charge in [-0.05, 0) is 24.3 Å². The lowest BCUT2D eigenvalue weighted by atomic mass is 10.3. The van der Waals surface area contributed by atoms with Gasteiger partial charge < -0.3 is 18.8 Å². The first-order valence-electron chi connectivity index (χ1n) is 6.82. The van der Waals surface area contributed by atoms with Crippen LogP contribution in [0.3, 0.4) is 0 Å². The molecule has 0 spiro atoms. The van der Waals surface area contributed by atoms with E-state index in [1.807, 2.05) is 0 Å². The summed E-state index contributed by atoms with van der Waals surface area (Å²) in [6, 6.07) is 9.44. The van der Waals surface area contributed by atoms with E-state index in [-0.39, 0.29) is 24.0 Å². The summed E-state index contributed by atoms with van der Waals surface area (Å²) in [6.07, 6.45) is 0. The van der Waals surface area contributed by atoms with E-state index in [0.29, 0.717) is 18.9 Å². The smallest absolute Gasteiger partial charge is 0.289 e. The summed E-state index contributed by atoms with van der Waals surface area (Å²) in [4.78, 5) is 13.6. The number of nitrogens with zero attached hydrogens (tertiary/aromatic N) is 1. The zero-order valence-corrected chi connectivity index (χ0v) is 12.5. The molecule has 0 aliphatic rings. The van der Waals surface area contributed by atoms with Crippen molar-refractivity contribution in [2.45, 2.75) is 6.61 Å². The fourth-order valence-electron chi connectivity index (χ4n) is 1.86. The maximum Gasteiger partial charge on any atom is 0.289 e. The van der Waals surface area contributed by atoms with E-state index in [1.54, 1.807) is 44.5 Å². The molecule has 1 aromatic carbocycles. The van der Waals surface area contributed by atoms with Crippen LogP contribution < -0.4 is 4.74 Å². The third-order valence-electron chi connectivity index (χ3n) is 3.03. The molecule has 1 aromatic heterocycles. The molecule has 1 heterocycles. The molecule has 0 saturated carbocycles. The molecule has 0 saturated heterocycles. The Kier molecular flexibility index (Phi) is 5.55. The number of carbonyl (C=O) groups excluding carboxylic acids is 1. The largest absolute Gasteiger partial charge is 0.489 e. The van der Waals surface area contributed by atoms with Crippen LogP contribution in [-0.4, -0.2) is 38.1 Å². The number of benzene rings is 1. The van der Waals surface area contributed by atoms with Crippen LogP contribution in [0.1, 0.15) is 16.3 Å². The second kappa shape index (κ2) is 7.61. The van der Waals surface area contributed by atoms with E-state index in [9.17, 15) is 9.18 Å². The summed E-state index contributed by atoms with van der Waals surface area (Å²) >= 11 is 0. The summed E-state index contributed by atoms with van der Waals surface area (Å²) in [5, 5.41) is 0. The predicted molar refractivity (Wildman–Crippen MR) is 78.3 cm³/mol. The number of para-hydroxylation sites is 1. The summed E-state index contributed by atoms with van der Waals surface area (Å²) in [5.41, 5.74) is 0. The Morgan fingerprint density at radius 1 is 1.27 bits per heavy atom. The minimum absolute atomic E-state index is 0.170. The minimum Gasteiger partial charge on any atom is -0.489 e. The van der Waals surface area contributed by atoms with Crippen LogP contribution in [0.15, 0.2) is 40.8 Å². The maximum atomic E-state index is 13.4. The Bertz CT molecular complexity index is 626. The van der Waals surface area contributed by atoms with Gasteiger partial charge >= 0.3 is 0 Å². The van der Waals surface area contributed by atoms with E-state index in [2.05, 4.69) is 0 Å². The molecular formula is C16H18FNO4. The van der Waals surface area contributed by atoms with Crippen LogP contribution in [0, 0.1) is 5.82 Å². The van der Waals surface area contributed by atoms with E-state index in [1.165, 1.54) is 11.0 Å². The Hall–Kier alpha value is -2.34. The highest BCUT2D eigenvalue weighted by Gasteiger charge is 2.16. The van der Waals surface area contributed by atoms with Crippen molar-refractivity contribution in [3.8, 4) is 5.75 Å². The number of furan rings is 1. The third-order valence-corrected chi connectivity index (χ3v) is 3.03. The quantitative estimate of drug-likeness (QED) is 0.789. The van der Waals surface area contributed by atoms with Gasteiger partial charge in [0.1, 0.15) is 19.0 Å². The lowest BCUT2D eigenvalue weighted by molar-refractivity contribution is 0.0734. The molecule has 0 atom stereocenters. The first-order chi connectivity index (χ1) is 10.6. The topological polar surface area (TPSA) is 51.9 Å². The molecule has 6 heteroatoms. The number of rotatable bonds is 7. The first kappa shape index (κ1) is 16.0. The second-order valence-electron chi connectivity index (χ2n) is 4.70. The molecule has 2 aromatic rings. The Morgan fingerprint density at radius 2 is 2.05 bits per heavy atom. The zero-order valence-electron chi connectivity index (χ0n) is 12.5. The highest BCUT2D eigenvalue weighted by molar-refractivity contribution is 5.91. The standard InChI is InChI=1S/C16H18FNO4/c1-18(9-10-21-14-6-4-3-5-13(14)17)16(19)15-8-7-12(22-15)11-20-2/h3-8H,9-11H2,1-2H3. The molecule has 0 aliphatic carbocycles. The van der Waals surface area contributed by atoms with E-state index >= 15 is 0 Å². The van der Waals surface area contributed by atoms with Gasteiger partial charge in [0.2, 0.25) is 0 Å². The first-order valence-corrected chi connectivity index (χ1v) is 6.82. The normalized spacial score (nSPS) is 10.5. The number of likely N-dealkylation sites (N-methyl/N-ethyl adjacent to an activating group) is 1. The molecule has 0 fully saturated rings. The number of ether oxygens (including phenoxy) is 2. The van der Waals surface area contributed by atoms with Gasteiger partial charge in [-0.25, -0.2) is 4.39 Å². The van der Waals surface area contributed by atoms with Crippen LogP contribution >= 0.6 is 0 Å². The summed E-state index contributed by atoms with van der Waals surface area (Å²) in [5.74, 6) is 0.303. The fraction of sp³-hybridized carbons (Fsp3) is 0.312. The van der Waals surface area contributed by atoms with Crippen LogP contribution in [0.4, 0.5) is 4.39 Å². The second-order valence-corrected chi connectivity index (χ2v) is 4.70. The lowest BCUT2D eigenvalue weighted by Crippen LogP contribution is -2.30. The number of hydrogen-bond acceptors (Lipinski definition) is 4. The fourth-order valence-corrected chi connectivity index (χ4v) is 1.86. The van der Waals surface area contributed by atoms with Crippen LogP contribution in [-0.2, 0) is 11.3 Å². The van der Waals surface area contributed by atoms with Crippen molar-refractivity contribution in [2.75, 3.05) is 27.3 Å². The lowest BCUT2D eigenvalue weighted by Gasteiger charge is -2.16. The average molecular weight is 307 g/mol. The molecule has 0 bridgehead atoms. The Balaban J connectivity index is 1.84. The SMILES string of the molecule is COCc1ccc(C(=O)N(C)CCOc2ccccc2F)o1. The number of amides is 1. The molecule has 118 valence electrons. The van der Waals surface area contributed by atoms with Gasteiger partial charge in [0.05, 0.1) is 6.54 Å². The van der Waals surface area contributed by atoms with E-state index in [4.69, 9.17) is 13.9 Å². The maximum absolute atomic E-state index is 13.4. The van der Waals surface area contributed by atoms with Gasteiger partial charge in [-0.2, -0.15) is 0 Å². The number of hydrogen-bond donors (Lipinski definition) is 0. The van der Waals surface area contributed by atoms with Crippen LogP contribution in [0.2, 0.25) is 0 Å². The number of carbonyl (C=O) groups is 1. The number of methoxy groups -OCH3 is 1. The number of halogens is 1. The van der Waals surface area contributed by atoms with Gasteiger partial charge in [0.15, 0.2) is 17.3 Å². The molecule has 22 heavy (non-hydrogen) atoms. The van der Waals surface area contributed by atoms with Crippen molar-refractivity contribution in [2.24, 2.45) is 0 Å². The average Bonchev–Trinajstić information content (AvgIpc) is 2.97. The van der Waals surface area contributed by atoms with Crippen molar-refractivity contribution >= 4 is 5.91 Å². The molecule has 0 aliphatic heterocycles. The highest BCUT2D eigenvalue weighted by Crippen LogP contribution is 2.15. The van der Waals surface area contributed by atoms with Crippen molar-refractivity contribution < 1.29 is 23.1 Å².